The summed E-state index contributed by atoms with van der Waals surface area (Å²) in [7, 11) is 0.454. The van der Waals surface area contributed by atoms with Crippen molar-refractivity contribution < 1.29 is 17.9 Å². The molecule has 0 radical (unpaired) electrons. The molecule has 0 spiro atoms. The molecule has 1 N–H and O–H groups in total. The van der Waals surface area contributed by atoms with Crippen LogP contribution in [-0.2, 0) is 10.0 Å². The van der Waals surface area contributed by atoms with E-state index in [0.29, 0.717) is 11.0 Å². The van der Waals surface area contributed by atoms with Crippen LogP contribution in [0.1, 0.15) is 35.7 Å². The third-order valence-electron chi connectivity index (χ3n) is 4.78. The Bertz CT molecular complexity index is 1180. The van der Waals surface area contributed by atoms with Gasteiger partial charge in [-0.2, -0.15) is 0 Å². The Morgan fingerprint density at radius 3 is 2.39 bits per heavy atom. The zero-order valence-electron chi connectivity index (χ0n) is 18.0. The Kier molecular flexibility index (Phi) is 6.78. The van der Waals surface area contributed by atoms with Gasteiger partial charge in [0.25, 0.3) is 5.91 Å². The Morgan fingerprint density at radius 2 is 1.81 bits per heavy atom. The molecule has 164 valence electrons. The molecule has 0 unspecified atom stereocenters. The second-order valence-corrected chi connectivity index (χ2v) is 10.4. The quantitative estimate of drug-likeness (QED) is 0.564. The molecule has 1 aromatic heterocycles. The molecule has 0 aliphatic heterocycles. The van der Waals surface area contributed by atoms with Gasteiger partial charge in [0.05, 0.1) is 12.8 Å². The fourth-order valence-corrected chi connectivity index (χ4v) is 4.68. The van der Waals surface area contributed by atoms with Crippen molar-refractivity contribution in [2.24, 2.45) is 0 Å². The Balaban J connectivity index is 1.82. The van der Waals surface area contributed by atoms with Crippen molar-refractivity contribution in [3.63, 3.8) is 0 Å². The average Bonchev–Trinajstić information content (AvgIpc) is 3.21. The molecule has 3 aromatic rings. The van der Waals surface area contributed by atoms with Crippen LogP contribution in [0.5, 0.6) is 5.75 Å². The van der Waals surface area contributed by atoms with Crippen LogP contribution in [0.2, 0.25) is 0 Å². The van der Waals surface area contributed by atoms with Gasteiger partial charge < -0.3 is 4.74 Å². The maximum absolute atomic E-state index is 12.7. The number of amides is 1. The van der Waals surface area contributed by atoms with Crippen molar-refractivity contribution in [2.75, 3.05) is 26.5 Å². The van der Waals surface area contributed by atoms with E-state index in [1.807, 2.05) is 17.5 Å². The summed E-state index contributed by atoms with van der Waals surface area (Å²) in [5.41, 5.74) is 3.17. The molecule has 0 bridgehead atoms. The van der Waals surface area contributed by atoms with Gasteiger partial charge in [-0.25, -0.2) is 17.7 Å². The summed E-state index contributed by atoms with van der Waals surface area (Å²) >= 11 is 1.31. The molecule has 7 nitrogen and oxygen atoms in total. The average molecular weight is 460 g/mol. The molecule has 0 fully saturated rings. The number of benzene rings is 2. The number of hydrogen-bond acceptors (Lipinski definition) is 6. The summed E-state index contributed by atoms with van der Waals surface area (Å²) in [6, 6.07) is 12.5. The van der Waals surface area contributed by atoms with E-state index < -0.39 is 15.9 Å². The van der Waals surface area contributed by atoms with Crippen molar-refractivity contribution in [1.29, 1.82) is 0 Å². The summed E-state index contributed by atoms with van der Waals surface area (Å²) in [5.74, 6) is 0.172. The van der Waals surface area contributed by atoms with Gasteiger partial charge in [0.2, 0.25) is 10.0 Å². The van der Waals surface area contributed by atoms with Crippen molar-refractivity contribution in [2.45, 2.75) is 24.7 Å². The summed E-state index contributed by atoms with van der Waals surface area (Å²) in [5, 5.41) is 5.04. The van der Waals surface area contributed by atoms with Gasteiger partial charge in [0.1, 0.15) is 10.6 Å². The molecular formula is C22H25N3O4S2. The summed E-state index contributed by atoms with van der Waals surface area (Å²) < 4.78 is 31.4. The largest absolute Gasteiger partial charge is 0.495 e. The number of hydrogen-bond donors (Lipinski definition) is 1. The zero-order valence-corrected chi connectivity index (χ0v) is 19.7. The minimum Gasteiger partial charge on any atom is -0.495 e. The number of aromatic nitrogens is 1. The monoisotopic (exact) mass is 459 g/mol. The van der Waals surface area contributed by atoms with Crippen molar-refractivity contribution in [1.82, 2.24) is 9.29 Å². The van der Waals surface area contributed by atoms with Gasteiger partial charge in [0, 0.05) is 30.6 Å². The lowest BCUT2D eigenvalue weighted by atomic mass is 10.0. The maximum atomic E-state index is 12.7. The highest BCUT2D eigenvalue weighted by Crippen LogP contribution is 2.29. The summed E-state index contributed by atoms with van der Waals surface area (Å²) in [4.78, 5) is 17.2. The maximum Gasteiger partial charge on any atom is 0.257 e. The van der Waals surface area contributed by atoms with Crippen LogP contribution in [-0.4, -0.2) is 44.8 Å². The van der Waals surface area contributed by atoms with Gasteiger partial charge in [-0.1, -0.05) is 38.1 Å². The van der Waals surface area contributed by atoms with Crippen LogP contribution >= 0.6 is 11.3 Å². The lowest BCUT2D eigenvalue weighted by molar-refractivity contribution is 0.102. The second-order valence-electron chi connectivity index (χ2n) is 7.42. The number of thiazole rings is 1. The number of ether oxygens (including phenoxy) is 1. The molecular weight excluding hydrogens is 434 g/mol. The molecule has 0 aliphatic carbocycles. The number of sulfonamides is 1. The predicted molar refractivity (Wildman–Crippen MR) is 123 cm³/mol. The van der Waals surface area contributed by atoms with Gasteiger partial charge >= 0.3 is 0 Å². The van der Waals surface area contributed by atoms with E-state index >= 15 is 0 Å². The smallest absolute Gasteiger partial charge is 0.257 e. The van der Waals surface area contributed by atoms with Crippen LogP contribution < -0.4 is 10.1 Å². The molecule has 0 atom stereocenters. The topological polar surface area (TPSA) is 88.6 Å². The number of carbonyl (C=O) groups is 1. The fourth-order valence-electron chi connectivity index (χ4n) is 2.89. The van der Waals surface area contributed by atoms with E-state index in [9.17, 15) is 13.2 Å². The first-order chi connectivity index (χ1) is 14.6. The Morgan fingerprint density at radius 1 is 1.13 bits per heavy atom. The van der Waals surface area contributed by atoms with Crippen LogP contribution in [0.4, 0.5) is 5.13 Å². The molecule has 3 rings (SSSR count). The zero-order chi connectivity index (χ0) is 22.8. The molecule has 31 heavy (non-hydrogen) atoms. The van der Waals surface area contributed by atoms with Gasteiger partial charge in [0.15, 0.2) is 5.13 Å². The Labute approximate surface area is 186 Å². The minimum absolute atomic E-state index is 0.0716. The van der Waals surface area contributed by atoms with Gasteiger partial charge in [-0.15, -0.1) is 11.3 Å². The summed E-state index contributed by atoms with van der Waals surface area (Å²) in [6.07, 6.45) is 0. The van der Waals surface area contributed by atoms with Crippen molar-refractivity contribution >= 4 is 32.4 Å². The Hall–Kier alpha value is -2.75. The van der Waals surface area contributed by atoms with E-state index in [-0.39, 0.29) is 16.2 Å². The van der Waals surface area contributed by atoms with Gasteiger partial charge in [-0.3, -0.25) is 10.1 Å². The molecule has 0 saturated carbocycles. The van der Waals surface area contributed by atoms with Crippen LogP contribution in [0, 0.1) is 0 Å². The third-order valence-corrected chi connectivity index (χ3v) is 7.38. The van der Waals surface area contributed by atoms with Crippen LogP contribution in [0.25, 0.3) is 11.3 Å². The number of nitrogens with one attached hydrogen (secondary N) is 1. The second kappa shape index (κ2) is 9.17. The fraction of sp³-hybridized carbons (Fsp3) is 0.273. The van der Waals surface area contributed by atoms with E-state index in [0.717, 1.165) is 15.6 Å². The first-order valence-corrected chi connectivity index (χ1v) is 11.9. The molecule has 1 amide bonds. The van der Waals surface area contributed by atoms with Gasteiger partial charge in [-0.05, 0) is 29.7 Å². The molecule has 0 aliphatic rings. The number of carbonyl (C=O) groups excluding carboxylic acids is 1. The van der Waals surface area contributed by atoms with Crippen LogP contribution in [0.3, 0.4) is 0 Å². The van der Waals surface area contributed by atoms with E-state index in [1.54, 1.807) is 0 Å². The highest BCUT2D eigenvalue weighted by Gasteiger charge is 2.24. The molecule has 9 heteroatoms. The molecule has 0 saturated heterocycles. The van der Waals surface area contributed by atoms with Crippen molar-refractivity contribution in [3.8, 4) is 17.0 Å². The van der Waals surface area contributed by atoms with Crippen molar-refractivity contribution in [3.05, 3.63) is 59.0 Å². The normalized spacial score (nSPS) is 11.7. The van der Waals surface area contributed by atoms with E-state index in [1.165, 1.54) is 56.3 Å². The predicted octanol–water partition coefficient (Wildman–Crippen LogP) is 4.44. The first kappa shape index (κ1) is 22.9. The number of anilines is 1. The number of rotatable bonds is 7. The standard InChI is InChI=1S/C22H25N3O4S2/c1-14(2)15-6-8-16(9-7-15)18-13-30-22(23-18)24-21(26)17-10-11-19(29-5)20(12-17)31(27,28)25(3)4/h6-14H,1-5H3,(H,23,24,26). The minimum atomic E-state index is -3.77. The lowest BCUT2D eigenvalue weighted by Crippen LogP contribution is -2.23. The highest BCUT2D eigenvalue weighted by molar-refractivity contribution is 7.89. The number of methoxy groups -OCH3 is 1. The highest BCUT2D eigenvalue weighted by atomic mass is 32.2. The van der Waals surface area contributed by atoms with Crippen LogP contribution in [0.15, 0.2) is 52.7 Å². The molecule has 2 aromatic carbocycles. The first-order valence-electron chi connectivity index (χ1n) is 9.61. The lowest BCUT2D eigenvalue weighted by Gasteiger charge is -2.15. The van der Waals surface area contributed by atoms with E-state index in [4.69, 9.17) is 4.74 Å². The number of nitrogens with zero attached hydrogens (tertiary/aromatic N) is 2. The third kappa shape index (κ3) is 4.95. The SMILES string of the molecule is COc1ccc(C(=O)Nc2nc(-c3ccc(C(C)C)cc3)cs2)cc1S(=O)(=O)N(C)C. The van der Waals surface area contributed by atoms with E-state index in [2.05, 4.69) is 36.3 Å². The summed E-state index contributed by atoms with van der Waals surface area (Å²) in [6.45, 7) is 4.28. The molecule has 1 heterocycles.